The van der Waals surface area contributed by atoms with Crippen LogP contribution < -0.4 is 9.64 Å². The molecule has 1 aromatic heterocycles. The predicted octanol–water partition coefficient (Wildman–Crippen LogP) is 1.76. The van der Waals surface area contributed by atoms with Crippen molar-refractivity contribution in [3.63, 3.8) is 0 Å². The highest BCUT2D eigenvalue weighted by molar-refractivity contribution is 14.1. The Balaban J connectivity index is 3.11. The van der Waals surface area contributed by atoms with Crippen molar-refractivity contribution in [1.82, 2.24) is 4.98 Å². The minimum absolute atomic E-state index is 0.812. The first-order valence-corrected chi connectivity index (χ1v) is 4.60. The highest BCUT2D eigenvalue weighted by atomic mass is 127. The van der Waals surface area contributed by atoms with Crippen molar-refractivity contribution in [3.05, 3.63) is 15.8 Å². The number of halogens is 1. The van der Waals surface area contributed by atoms with E-state index in [2.05, 4.69) is 27.6 Å². The van der Waals surface area contributed by atoms with E-state index < -0.39 is 0 Å². The molecule has 4 heteroatoms. The van der Waals surface area contributed by atoms with Gasteiger partial charge in [0.2, 0.25) is 0 Å². The summed E-state index contributed by atoms with van der Waals surface area (Å²) < 4.78 is 6.26. The van der Waals surface area contributed by atoms with E-state index in [1.54, 1.807) is 7.11 Å². The molecule has 12 heavy (non-hydrogen) atoms. The van der Waals surface area contributed by atoms with Gasteiger partial charge in [0.25, 0.3) is 0 Å². The van der Waals surface area contributed by atoms with Crippen molar-refractivity contribution in [2.45, 2.75) is 0 Å². The minimum Gasteiger partial charge on any atom is -0.493 e. The van der Waals surface area contributed by atoms with Gasteiger partial charge in [0, 0.05) is 23.9 Å². The molecule has 0 amide bonds. The highest BCUT2D eigenvalue weighted by Crippen LogP contribution is 2.24. The van der Waals surface area contributed by atoms with E-state index >= 15 is 0 Å². The summed E-state index contributed by atoms with van der Waals surface area (Å²) in [6.45, 7) is 0. The molecule has 0 radical (unpaired) electrons. The van der Waals surface area contributed by atoms with E-state index in [1.165, 1.54) is 0 Å². The Morgan fingerprint density at radius 3 is 2.67 bits per heavy atom. The normalized spacial score (nSPS) is 9.67. The summed E-state index contributed by atoms with van der Waals surface area (Å²) in [6.07, 6.45) is 1.82. The summed E-state index contributed by atoms with van der Waals surface area (Å²) in [5.41, 5.74) is 0. The van der Waals surface area contributed by atoms with Crippen molar-refractivity contribution in [2.75, 3.05) is 26.1 Å². The summed E-state index contributed by atoms with van der Waals surface area (Å²) in [6, 6.07) is 1.96. The van der Waals surface area contributed by atoms with Crippen LogP contribution in [0.1, 0.15) is 0 Å². The topological polar surface area (TPSA) is 25.4 Å². The first-order valence-electron chi connectivity index (χ1n) is 3.52. The maximum absolute atomic E-state index is 5.18. The lowest BCUT2D eigenvalue weighted by molar-refractivity contribution is 0.413. The smallest absolute Gasteiger partial charge is 0.170 e. The van der Waals surface area contributed by atoms with Crippen LogP contribution in [-0.2, 0) is 0 Å². The Kier molecular flexibility index (Phi) is 3.13. The third-order valence-electron chi connectivity index (χ3n) is 1.44. The molecule has 1 heterocycles. The predicted molar refractivity (Wildman–Crippen MR) is 57.8 cm³/mol. The third-order valence-corrected chi connectivity index (χ3v) is 2.03. The molecule has 0 N–H and O–H groups in total. The van der Waals surface area contributed by atoms with Gasteiger partial charge in [-0.25, -0.2) is 4.98 Å². The molecule has 0 fully saturated rings. The largest absolute Gasteiger partial charge is 0.493 e. The standard InChI is InChI=1S/C8H11IN2O/c1-11(2)8-7(12-3)4-6(9)5-10-8/h4-5H,1-3H3. The quantitative estimate of drug-likeness (QED) is 0.771. The summed E-state index contributed by atoms with van der Waals surface area (Å²) >= 11 is 2.21. The van der Waals surface area contributed by atoms with Gasteiger partial charge in [0.1, 0.15) is 0 Å². The van der Waals surface area contributed by atoms with E-state index in [4.69, 9.17) is 4.74 Å². The second kappa shape index (κ2) is 3.93. The Morgan fingerprint density at radius 1 is 1.50 bits per heavy atom. The second-order valence-corrected chi connectivity index (χ2v) is 3.82. The number of hydrogen-bond donors (Lipinski definition) is 0. The average molecular weight is 278 g/mol. The van der Waals surface area contributed by atoms with Crippen molar-refractivity contribution in [1.29, 1.82) is 0 Å². The Bertz CT molecular complexity index is 276. The zero-order chi connectivity index (χ0) is 9.14. The van der Waals surface area contributed by atoms with Crippen LogP contribution in [0.25, 0.3) is 0 Å². The summed E-state index contributed by atoms with van der Waals surface area (Å²) in [5.74, 6) is 1.67. The van der Waals surface area contributed by atoms with Crippen LogP contribution in [0.2, 0.25) is 0 Å². The average Bonchev–Trinajstić information content (AvgIpc) is 2.03. The van der Waals surface area contributed by atoms with E-state index in [0.29, 0.717) is 0 Å². The molecule has 0 aliphatic carbocycles. The minimum atomic E-state index is 0.812. The molecule has 66 valence electrons. The number of ether oxygens (including phenoxy) is 1. The zero-order valence-corrected chi connectivity index (χ0v) is 9.49. The summed E-state index contributed by atoms with van der Waals surface area (Å²) in [4.78, 5) is 6.17. The number of pyridine rings is 1. The third kappa shape index (κ3) is 2.00. The van der Waals surface area contributed by atoms with Crippen LogP contribution in [-0.4, -0.2) is 26.2 Å². The number of anilines is 1. The molecule has 0 aromatic carbocycles. The second-order valence-electron chi connectivity index (χ2n) is 2.57. The molecule has 0 spiro atoms. The molecule has 0 bridgehead atoms. The Hall–Kier alpha value is -0.520. The van der Waals surface area contributed by atoms with Gasteiger partial charge in [-0.3, -0.25) is 0 Å². The van der Waals surface area contributed by atoms with Crippen LogP contribution >= 0.6 is 22.6 Å². The molecule has 3 nitrogen and oxygen atoms in total. The Labute approximate surface area is 85.9 Å². The molecule has 0 saturated carbocycles. The zero-order valence-electron chi connectivity index (χ0n) is 7.34. The van der Waals surface area contributed by atoms with Gasteiger partial charge in [-0.1, -0.05) is 0 Å². The fourth-order valence-electron chi connectivity index (χ4n) is 0.900. The lowest BCUT2D eigenvalue weighted by Gasteiger charge is -2.14. The van der Waals surface area contributed by atoms with Gasteiger partial charge in [-0.2, -0.15) is 0 Å². The highest BCUT2D eigenvalue weighted by Gasteiger charge is 2.05. The maximum atomic E-state index is 5.18. The molecule has 0 saturated heterocycles. The fourth-order valence-corrected chi connectivity index (χ4v) is 1.32. The molecular weight excluding hydrogens is 267 g/mol. The van der Waals surface area contributed by atoms with E-state index in [0.717, 1.165) is 15.1 Å². The van der Waals surface area contributed by atoms with Crippen molar-refractivity contribution >= 4 is 28.4 Å². The molecule has 1 rings (SSSR count). The van der Waals surface area contributed by atoms with Gasteiger partial charge in [-0.15, -0.1) is 0 Å². The number of methoxy groups -OCH3 is 1. The van der Waals surface area contributed by atoms with Crippen LogP contribution in [0, 0.1) is 3.57 Å². The SMILES string of the molecule is COc1cc(I)cnc1N(C)C. The van der Waals surface area contributed by atoms with Gasteiger partial charge in [0.05, 0.1) is 7.11 Å². The lowest BCUT2D eigenvalue weighted by atomic mass is 10.4. The van der Waals surface area contributed by atoms with Gasteiger partial charge >= 0.3 is 0 Å². The molecule has 0 atom stereocenters. The summed E-state index contributed by atoms with van der Waals surface area (Å²) in [7, 11) is 5.54. The Morgan fingerprint density at radius 2 is 2.17 bits per heavy atom. The number of hydrogen-bond acceptors (Lipinski definition) is 3. The van der Waals surface area contributed by atoms with Crippen LogP contribution in [0.3, 0.4) is 0 Å². The van der Waals surface area contributed by atoms with E-state index in [9.17, 15) is 0 Å². The maximum Gasteiger partial charge on any atom is 0.170 e. The van der Waals surface area contributed by atoms with Crippen LogP contribution in [0.4, 0.5) is 5.82 Å². The molecular formula is C8H11IN2O. The lowest BCUT2D eigenvalue weighted by Crippen LogP contribution is -2.12. The van der Waals surface area contributed by atoms with Crippen molar-refractivity contribution < 1.29 is 4.74 Å². The van der Waals surface area contributed by atoms with Gasteiger partial charge in [-0.05, 0) is 28.7 Å². The number of rotatable bonds is 2. The monoisotopic (exact) mass is 278 g/mol. The van der Waals surface area contributed by atoms with Gasteiger partial charge in [0.15, 0.2) is 11.6 Å². The van der Waals surface area contributed by atoms with Crippen molar-refractivity contribution in [2.24, 2.45) is 0 Å². The van der Waals surface area contributed by atoms with Crippen LogP contribution in [0.15, 0.2) is 12.3 Å². The molecule has 0 aliphatic rings. The molecule has 1 aromatic rings. The first kappa shape index (κ1) is 9.57. The van der Waals surface area contributed by atoms with E-state index in [1.807, 2.05) is 31.3 Å². The molecule has 0 unspecified atom stereocenters. The fraction of sp³-hybridized carbons (Fsp3) is 0.375. The summed E-state index contributed by atoms with van der Waals surface area (Å²) in [5, 5.41) is 0. The molecule has 0 aliphatic heterocycles. The number of nitrogens with zero attached hydrogens (tertiary/aromatic N) is 2. The van der Waals surface area contributed by atoms with Crippen molar-refractivity contribution in [3.8, 4) is 5.75 Å². The van der Waals surface area contributed by atoms with E-state index in [-0.39, 0.29) is 0 Å². The first-order chi connectivity index (χ1) is 5.65. The number of aromatic nitrogens is 1. The van der Waals surface area contributed by atoms with Crippen LogP contribution in [0.5, 0.6) is 5.75 Å². The van der Waals surface area contributed by atoms with Gasteiger partial charge < -0.3 is 9.64 Å².